The van der Waals surface area contributed by atoms with E-state index in [0.717, 1.165) is 18.4 Å². The van der Waals surface area contributed by atoms with Crippen molar-refractivity contribution in [2.45, 2.75) is 25.4 Å². The fraction of sp³-hybridized carbons (Fsp3) is 0.192. The van der Waals surface area contributed by atoms with Crippen molar-refractivity contribution in [3.63, 3.8) is 0 Å². The second-order valence-electron chi connectivity index (χ2n) is 7.99. The first-order chi connectivity index (χ1) is 15.4. The average molecular weight is 430 g/mol. The number of ketones is 1. The molecule has 5 nitrogen and oxygen atoms in total. The van der Waals surface area contributed by atoms with Gasteiger partial charge in [0.15, 0.2) is 5.78 Å². The summed E-state index contributed by atoms with van der Waals surface area (Å²) in [5.41, 5.74) is 2.32. The molecule has 4 rings (SSSR count). The number of nitrogens with zero attached hydrogens (tertiary/aromatic N) is 1. The molecule has 2 amide bonds. The molecule has 0 unspecified atom stereocenters. The van der Waals surface area contributed by atoms with Crippen LogP contribution in [-0.4, -0.2) is 35.6 Å². The van der Waals surface area contributed by atoms with Crippen LogP contribution < -0.4 is 5.32 Å². The van der Waals surface area contributed by atoms with Crippen molar-refractivity contribution in [3.05, 3.63) is 106 Å². The van der Waals surface area contributed by atoms with Gasteiger partial charge in [-0.05, 0) is 60.9 Å². The van der Waals surface area contributed by atoms with E-state index < -0.39 is 5.82 Å². The molecule has 0 aliphatic heterocycles. The molecule has 32 heavy (non-hydrogen) atoms. The fourth-order valence-electron chi connectivity index (χ4n) is 3.43. The highest BCUT2D eigenvalue weighted by Crippen LogP contribution is 2.20. The molecule has 3 aromatic carbocycles. The molecule has 1 saturated carbocycles. The van der Waals surface area contributed by atoms with Crippen LogP contribution in [0.4, 0.5) is 4.39 Å². The van der Waals surface area contributed by atoms with Gasteiger partial charge >= 0.3 is 0 Å². The summed E-state index contributed by atoms with van der Waals surface area (Å²) in [6, 6.07) is 19.3. The minimum Gasteiger partial charge on any atom is -0.349 e. The van der Waals surface area contributed by atoms with E-state index >= 15 is 0 Å². The van der Waals surface area contributed by atoms with Crippen LogP contribution >= 0.6 is 0 Å². The van der Waals surface area contributed by atoms with Gasteiger partial charge in [-0.2, -0.15) is 0 Å². The third kappa shape index (κ3) is 4.91. The summed E-state index contributed by atoms with van der Waals surface area (Å²) in [7, 11) is 1.66. The summed E-state index contributed by atoms with van der Waals surface area (Å²) in [4.78, 5) is 39.7. The maximum absolute atomic E-state index is 13.2. The maximum Gasteiger partial charge on any atom is 0.254 e. The van der Waals surface area contributed by atoms with E-state index in [1.807, 2.05) is 12.1 Å². The third-order valence-corrected chi connectivity index (χ3v) is 5.40. The van der Waals surface area contributed by atoms with E-state index in [4.69, 9.17) is 0 Å². The molecule has 162 valence electrons. The molecule has 0 atom stereocenters. The van der Waals surface area contributed by atoms with E-state index in [-0.39, 0.29) is 28.7 Å². The highest BCUT2D eigenvalue weighted by molar-refractivity contribution is 6.15. The number of amides is 2. The van der Waals surface area contributed by atoms with Gasteiger partial charge in [-0.1, -0.05) is 30.3 Å². The highest BCUT2D eigenvalue weighted by Gasteiger charge is 2.24. The highest BCUT2D eigenvalue weighted by atomic mass is 19.1. The predicted molar refractivity (Wildman–Crippen MR) is 119 cm³/mol. The number of carbonyl (C=O) groups is 3. The van der Waals surface area contributed by atoms with Crippen LogP contribution in [0.25, 0.3) is 0 Å². The van der Waals surface area contributed by atoms with Crippen LogP contribution in [0.3, 0.4) is 0 Å². The van der Waals surface area contributed by atoms with E-state index in [1.54, 1.807) is 43.4 Å². The summed E-state index contributed by atoms with van der Waals surface area (Å²) >= 11 is 0. The molecule has 1 N–H and O–H groups in total. The molecule has 3 aromatic rings. The van der Waals surface area contributed by atoms with Crippen LogP contribution in [0.15, 0.2) is 72.8 Å². The molecule has 6 heteroatoms. The maximum atomic E-state index is 13.2. The van der Waals surface area contributed by atoms with Crippen molar-refractivity contribution in [3.8, 4) is 0 Å². The fourth-order valence-corrected chi connectivity index (χ4v) is 3.43. The summed E-state index contributed by atoms with van der Waals surface area (Å²) in [6.07, 6.45) is 2.06. The van der Waals surface area contributed by atoms with Crippen molar-refractivity contribution in [2.75, 3.05) is 7.05 Å². The first-order valence-electron chi connectivity index (χ1n) is 10.5. The molecule has 1 aliphatic carbocycles. The number of carbonyl (C=O) groups excluding carboxylic acids is 3. The Balaban J connectivity index is 1.47. The topological polar surface area (TPSA) is 66.5 Å². The van der Waals surface area contributed by atoms with Gasteiger partial charge in [0.2, 0.25) is 0 Å². The standard InChI is InChI=1S/C26H23FN2O3/c1-29(16-17-6-8-19(9-7-17)25(31)28-21-14-15-21)26(32)23-5-3-2-4-22(23)24(30)18-10-12-20(27)13-11-18/h2-13,21H,14-16H2,1H3,(H,28,31). The Morgan fingerprint density at radius 1 is 0.875 bits per heavy atom. The van der Waals surface area contributed by atoms with Gasteiger partial charge in [0.1, 0.15) is 5.82 Å². The number of hydrogen-bond donors (Lipinski definition) is 1. The number of halogens is 1. The predicted octanol–water partition coefficient (Wildman–Crippen LogP) is 4.22. The van der Waals surface area contributed by atoms with Gasteiger partial charge in [0.25, 0.3) is 11.8 Å². The lowest BCUT2D eigenvalue weighted by molar-refractivity contribution is 0.0780. The molecule has 0 saturated heterocycles. The van der Waals surface area contributed by atoms with Crippen molar-refractivity contribution >= 4 is 17.6 Å². The smallest absolute Gasteiger partial charge is 0.254 e. The van der Waals surface area contributed by atoms with Crippen LogP contribution in [0, 0.1) is 5.82 Å². The Kier molecular flexibility index (Phi) is 6.12. The van der Waals surface area contributed by atoms with E-state index in [0.29, 0.717) is 23.7 Å². The number of rotatable bonds is 7. The zero-order valence-electron chi connectivity index (χ0n) is 17.7. The van der Waals surface area contributed by atoms with E-state index in [2.05, 4.69) is 5.32 Å². The van der Waals surface area contributed by atoms with Crippen LogP contribution in [0.1, 0.15) is 55.0 Å². The van der Waals surface area contributed by atoms with Gasteiger partial charge in [-0.3, -0.25) is 14.4 Å². The van der Waals surface area contributed by atoms with Crippen LogP contribution in [0.5, 0.6) is 0 Å². The van der Waals surface area contributed by atoms with Crippen LogP contribution in [0.2, 0.25) is 0 Å². The first kappa shape index (κ1) is 21.4. The van der Waals surface area contributed by atoms with Crippen molar-refractivity contribution in [1.29, 1.82) is 0 Å². The molecule has 0 radical (unpaired) electrons. The molecule has 0 aromatic heterocycles. The summed E-state index contributed by atoms with van der Waals surface area (Å²) in [5.74, 6) is -1.15. The van der Waals surface area contributed by atoms with Gasteiger partial charge in [0, 0.05) is 36.3 Å². The minimum atomic E-state index is -0.429. The average Bonchev–Trinajstić information content (AvgIpc) is 3.63. The monoisotopic (exact) mass is 430 g/mol. The van der Waals surface area contributed by atoms with Gasteiger partial charge < -0.3 is 10.2 Å². The van der Waals surface area contributed by atoms with E-state index in [1.165, 1.54) is 29.2 Å². The van der Waals surface area contributed by atoms with Crippen molar-refractivity contribution < 1.29 is 18.8 Å². The summed E-state index contributed by atoms with van der Waals surface area (Å²) in [5, 5.41) is 2.95. The van der Waals surface area contributed by atoms with E-state index in [9.17, 15) is 18.8 Å². The minimum absolute atomic E-state index is 0.0864. The second kappa shape index (κ2) is 9.14. The number of benzene rings is 3. The molecule has 0 heterocycles. The molecule has 1 fully saturated rings. The lowest BCUT2D eigenvalue weighted by Crippen LogP contribution is -2.28. The lowest BCUT2D eigenvalue weighted by atomic mass is 9.97. The lowest BCUT2D eigenvalue weighted by Gasteiger charge is -2.19. The third-order valence-electron chi connectivity index (χ3n) is 5.40. The Labute approximate surface area is 185 Å². The van der Waals surface area contributed by atoms with Crippen LogP contribution in [-0.2, 0) is 6.54 Å². The molecular weight excluding hydrogens is 407 g/mol. The molecule has 0 spiro atoms. The Morgan fingerprint density at radius 2 is 1.47 bits per heavy atom. The largest absolute Gasteiger partial charge is 0.349 e. The number of nitrogens with one attached hydrogen (secondary N) is 1. The second-order valence-corrected chi connectivity index (χ2v) is 7.99. The molecule has 1 aliphatic rings. The Morgan fingerprint density at radius 3 is 2.09 bits per heavy atom. The summed E-state index contributed by atoms with van der Waals surface area (Å²) < 4.78 is 13.2. The summed E-state index contributed by atoms with van der Waals surface area (Å²) in [6.45, 7) is 0.322. The normalized spacial score (nSPS) is 12.8. The van der Waals surface area contributed by atoms with Gasteiger partial charge in [-0.15, -0.1) is 0 Å². The van der Waals surface area contributed by atoms with Gasteiger partial charge in [-0.25, -0.2) is 4.39 Å². The van der Waals surface area contributed by atoms with Crippen molar-refractivity contribution in [1.82, 2.24) is 10.2 Å². The molecular formula is C26H23FN2O3. The Bertz CT molecular complexity index is 1150. The molecule has 0 bridgehead atoms. The zero-order chi connectivity index (χ0) is 22.7. The van der Waals surface area contributed by atoms with Crippen molar-refractivity contribution in [2.24, 2.45) is 0 Å². The van der Waals surface area contributed by atoms with Gasteiger partial charge in [0.05, 0.1) is 5.56 Å². The Hall–Kier alpha value is -3.80. The number of hydrogen-bond acceptors (Lipinski definition) is 3. The first-order valence-corrected chi connectivity index (χ1v) is 10.5. The quantitative estimate of drug-likeness (QED) is 0.571. The zero-order valence-corrected chi connectivity index (χ0v) is 17.7. The SMILES string of the molecule is CN(Cc1ccc(C(=O)NC2CC2)cc1)C(=O)c1ccccc1C(=O)c1ccc(F)cc1.